The normalized spacial score (nSPS) is 22.6. The van der Waals surface area contributed by atoms with E-state index in [-0.39, 0.29) is 11.6 Å². The van der Waals surface area contributed by atoms with Crippen LogP contribution in [0.25, 0.3) is 0 Å². The highest BCUT2D eigenvalue weighted by atomic mass is 16.5. The van der Waals surface area contributed by atoms with E-state index >= 15 is 0 Å². The minimum atomic E-state index is -0.0420. The zero-order valence-electron chi connectivity index (χ0n) is 13.7. The summed E-state index contributed by atoms with van der Waals surface area (Å²) in [5, 5.41) is 3.70. The Hall–Kier alpha value is -1.26. The number of ether oxygens (including phenoxy) is 3. The van der Waals surface area contributed by atoms with Crippen molar-refractivity contribution < 1.29 is 14.2 Å². The van der Waals surface area contributed by atoms with E-state index in [1.165, 1.54) is 0 Å². The highest BCUT2D eigenvalue weighted by Crippen LogP contribution is 2.31. The average molecular weight is 293 g/mol. The van der Waals surface area contributed by atoms with Crippen LogP contribution < -0.4 is 14.8 Å². The van der Waals surface area contributed by atoms with Gasteiger partial charge in [0.15, 0.2) is 0 Å². The molecule has 1 aromatic rings. The maximum atomic E-state index is 5.78. The number of methoxy groups -OCH3 is 2. The highest BCUT2D eigenvalue weighted by Gasteiger charge is 2.29. The van der Waals surface area contributed by atoms with Gasteiger partial charge >= 0.3 is 0 Å². The van der Waals surface area contributed by atoms with Crippen LogP contribution in [-0.2, 0) is 4.74 Å². The van der Waals surface area contributed by atoms with Crippen LogP contribution in [0.1, 0.15) is 45.2 Å². The van der Waals surface area contributed by atoms with Gasteiger partial charge in [0.1, 0.15) is 11.5 Å². The maximum absolute atomic E-state index is 5.78. The molecule has 0 aliphatic carbocycles. The Morgan fingerprint density at radius 2 is 2.05 bits per heavy atom. The molecule has 118 valence electrons. The number of hydrogen-bond acceptors (Lipinski definition) is 4. The Morgan fingerprint density at radius 3 is 2.67 bits per heavy atom. The third-order valence-corrected chi connectivity index (χ3v) is 4.09. The van der Waals surface area contributed by atoms with E-state index in [0.29, 0.717) is 6.04 Å². The summed E-state index contributed by atoms with van der Waals surface area (Å²) in [6, 6.07) is 6.67. The first-order valence-electron chi connectivity index (χ1n) is 7.57. The van der Waals surface area contributed by atoms with E-state index in [0.717, 1.165) is 36.5 Å². The van der Waals surface area contributed by atoms with Crippen LogP contribution in [0.3, 0.4) is 0 Å². The van der Waals surface area contributed by atoms with Crippen LogP contribution in [0.4, 0.5) is 0 Å². The monoisotopic (exact) mass is 293 g/mol. The lowest BCUT2D eigenvalue weighted by Crippen LogP contribution is -2.44. The lowest BCUT2D eigenvalue weighted by molar-refractivity contribution is -0.0640. The van der Waals surface area contributed by atoms with E-state index in [4.69, 9.17) is 14.2 Å². The standard InChI is InChI=1S/C17H27NO3/c1-12(18-13-8-9-21-17(2,3)11-13)15-7-6-14(19-4)10-16(15)20-5/h6-7,10,12-13,18H,8-9,11H2,1-5H3. The number of hydrogen-bond donors (Lipinski definition) is 1. The molecule has 1 aliphatic rings. The molecule has 1 N–H and O–H groups in total. The van der Waals surface area contributed by atoms with Crippen LogP contribution in [0.15, 0.2) is 18.2 Å². The first-order valence-corrected chi connectivity index (χ1v) is 7.57. The summed E-state index contributed by atoms with van der Waals surface area (Å²) in [5.41, 5.74) is 1.11. The molecule has 4 nitrogen and oxygen atoms in total. The van der Waals surface area contributed by atoms with Gasteiger partial charge in [-0.3, -0.25) is 0 Å². The second-order valence-electron chi connectivity index (χ2n) is 6.29. The molecule has 2 unspecified atom stereocenters. The quantitative estimate of drug-likeness (QED) is 0.904. The molecule has 1 heterocycles. The molecule has 1 saturated heterocycles. The lowest BCUT2D eigenvalue weighted by atomic mass is 9.93. The van der Waals surface area contributed by atoms with Crippen molar-refractivity contribution in [3.05, 3.63) is 23.8 Å². The number of nitrogens with one attached hydrogen (secondary N) is 1. The van der Waals surface area contributed by atoms with Crippen molar-refractivity contribution in [2.24, 2.45) is 0 Å². The molecule has 21 heavy (non-hydrogen) atoms. The van der Waals surface area contributed by atoms with Gasteiger partial charge in [-0.25, -0.2) is 0 Å². The molecule has 1 fully saturated rings. The van der Waals surface area contributed by atoms with Crippen LogP contribution >= 0.6 is 0 Å². The smallest absolute Gasteiger partial charge is 0.127 e. The van der Waals surface area contributed by atoms with Gasteiger partial charge in [0.05, 0.1) is 19.8 Å². The van der Waals surface area contributed by atoms with Crippen molar-refractivity contribution >= 4 is 0 Å². The largest absolute Gasteiger partial charge is 0.497 e. The van der Waals surface area contributed by atoms with Gasteiger partial charge in [-0.15, -0.1) is 0 Å². The van der Waals surface area contributed by atoms with Crippen molar-refractivity contribution in [2.45, 2.75) is 51.3 Å². The Balaban J connectivity index is 2.07. The fourth-order valence-electron chi connectivity index (χ4n) is 2.99. The molecule has 0 saturated carbocycles. The lowest BCUT2D eigenvalue weighted by Gasteiger charge is -2.37. The predicted octanol–water partition coefficient (Wildman–Crippen LogP) is 3.31. The summed E-state index contributed by atoms with van der Waals surface area (Å²) in [7, 11) is 3.36. The Morgan fingerprint density at radius 1 is 1.29 bits per heavy atom. The molecule has 2 rings (SSSR count). The second-order valence-corrected chi connectivity index (χ2v) is 6.29. The predicted molar refractivity (Wildman–Crippen MR) is 84.1 cm³/mol. The maximum Gasteiger partial charge on any atom is 0.127 e. The van der Waals surface area contributed by atoms with Gasteiger partial charge in [0, 0.05) is 30.3 Å². The number of rotatable bonds is 5. The van der Waals surface area contributed by atoms with Crippen LogP contribution in [-0.4, -0.2) is 32.5 Å². The van der Waals surface area contributed by atoms with E-state index in [1.807, 2.05) is 12.1 Å². The fourth-order valence-corrected chi connectivity index (χ4v) is 2.99. The van der Waals surface area contributed by atoms with E-state index in [1.54, 1.807) is 14.2 Å². The van der Waals surface area contributed by atoms with Crippen LogP contribution in [0.5, 0.6) is 11.5 Å². The molecule has 4 heteroatoms. The van der Waals surface area contributed by atoms with Crippen LogP contribution in [0, 0.1) is 0 Å². The van der Waals surface area contributed by atoms with Gasteiger partial charge in [-0.2, -0.15) is 0 Å². The van der Waals surface area contributed by atoms with Crippen molar-refractivity contribution in [1.29, 1.82) is 0 Å². The molecule has 0 aromatic heterocycles. The molecular formula is C17H27NO3. The Bertz CT molecular complexity index is 473. The Kier molecular flexibility index (Phi) is 5.12. The molecular weight excluding hydrogens is 266 g/mol. The summed E-state index contributed by atoms with van der Waals surface area (Å²) in [6.45, 7) is 7.29. The topological polar surface area (TPSA) is 39.7 Å². The summed E-state index contributed by atoms with van der Waals surface area (Å²) >= 11 is 0. The molecule has 0 amide bonds. The van der Waals surface area contributed by atoms with Crippen molar-refractivity contribution in [2.75, 3.05) is 20.8 Å². The van der Waals surface area contributed by atoms with E-state index < -0.39 is 0 Å². The van der Waals surface area contributed by atoms with Gasteiger partial charge in [-0.05, 0) is 39.7 Å². The van der Waals surface area contributed by atoms with Gasteiger partial charge in [0.25, 0.3) is 0 Å². The minimum Gasteiger partial charge on any atom is -0.497 e. The van der Waals surface area contributed by atoms with Gasteiger partial charge in [0.2, 0.25) is 0 Å². The van der Waals surface area contributed by atoms with Crippen molar-refractivity contribution in [3.63, 3.8) is 0 Å². The first-order chi connectivity index (χ1) is 9.95. The zero-order valence-corrected chi connectivity index (χ0v) is 13.7. The van der Waals surface area contributed by atoms with E-state index in [2.05, 4.69) is 32.2 Å². The molecule has 0 bridgehead atoms. The molecule has 1 aliphatic heterocycles. The van der Waals surface area contributed by atoms with Crippen molar-refractivity contribution in [1.82, 2.24) is 5.32 Å². The summed E-state index contributed by atoms with van der Waals surface area (Å²) in [6.07, 6.45) is 2.07. The SMILES string of the molecule is COc1ccc(C(C)NC2CCOC(C)(C)C2)c(OC)c1. The highest BCUT2D eigenvalue weighted by molar-refractivity contribution is 5.42. The fraction of sp³-hybridized carbons (Fsp3) is 0.647. The van der Waals surface area contributed by atoms with Gasteiger partial charge in [-0.1, -0.05) is 6.07 Å². The zero-order chi connectivity index (χ0) is 15.5. The molecule has 0 spiro atoms. The summed E-state index contributed by atoms with van der Waals surface area (Å²) in [4.78, 5) is 0. The second kappa shape index (κ2) is 6.67. The molecule has 1 aromatic carbocycles. The average Bonchev–Trinajstić information content (AvgIpc) is 2.45. The van der Waals surface area contributed by atoms with E-state index in [9.17, 15) is 0 Å². The third-order valence-electron chi connectivity index (χ3n) is 4.09. The Labute approximate surface area is 127 Å². The molecule has 2 atom stereocenters. The molecule has 0 radical (unpaired) electrons. The summed E-state index contributed by atoms with van der Waals surface area (Å²) < 4.78 is 16.5. The third kappa shape index (κ3) is 4.11. The minimum absolute atomic E-state index is 0.0420. The van der Waals surface area contributed by atoms with Gasteiger partial charge < -0.3 is 19.5 Å². The van der Waals surface area contributed by atoms with Crippen molar-refractivity contribution in [3.8, 4) is 11.5 Å². The first kappa shape index (κ1) is 16.1. The number of benzene rings is 1. The summed E-state index contributed by atoms with van der Waals surface area (Å²) in [5.74, 6) is 1.68. The van der Waals surface area contributed by atoms with Crippen LogP contribution in [0.2, 0.25) is 0 Å².